The van der Waals surface area contributed by atoms with Gasteiger partial charge in [-0.1, -0.05) is 26.8 Å². The molecule has 0 bridgehead atoms. The van der Waals surface area contributed by atoms with Gasteiger partial charge in [-0.2, -0.15) is 5.26 Å². The van der Waals surface area contributed by atoms with Gasteiger partial charge in [-0.15, -0.1) is 0 Å². The first-order valence-corrected chi connectivity index (χ1v) is 12.5. The normalized spacial score (nSPS) is 14.9. The maximum Gasteiger partial charge on any atom is 0.264 e. The summed E-state index contributed by atoms with van der Waals surface area (Å²) in [6.07, 6.45) is 3.59. The van der Waals surface area contributed by atoms with Crippen LogP contribution in [0.3, 0.4) is 0 Å². The average Bonchev–Trinajstić information content (AvgIpc) is 2.87. The van der Waals surface area contributed by atoms with Crippen LogP contribution in [0.2, 0.25) is 0 Å². The fourth-order valence-corrected chi connectivity index (χ4v) is 4.64. The van der Waals surface area contributed by atoms with Gasteiger partial charge in [0.05, 0.1) is 19.8 Å². The maximum absolute atomic E-state index is 12.9. The lowest BCUT2D eigenvalue weighted by molar-refractivity contribution is -0.128. The Balaban J connectivity index is 1.83. The highest BCUT2D eigenvalue weighted by Crippen LogP contribution is 2.37. The molecule has 1 aliphatic heterocycles. The van der Waals surface area contributed by atoms with Crippen LogP contribution < -0.4 is 15.0 Å². The zero-order valence-electron chi connectivity index (χ0n) is 23.3. The first-order valence-electron chi connectivity index (χ1n) is 12.5. The van der Waals surface area contributed by atoms with E-state index in [-0.39, 0.29) is 22.5 Å². The van der Waals surface area contributed by atoms with E-state index in [1.807, 2.05) is 52.9 Å². The number of carbonyl (C=O) groups is 1. The molecule has 0 aliphatic carbocycles. The van der Waals surface area contributed by atoms with Crippen LogP contribution in [0.1, 0.15) is 37.5 Å². The van der Waals surface area contributed by atoms with Crippen molar-refractivity contribution in [2.45, 2.75) is 41.2 Å². The maximum atomic E-state index is 12.9. The van der Waals surface area contributed by atoms with Crippen molar-refractivity contribution in [3.05, 3.63) is 57.0 Å². The topological polar surface area (TPSA) is 87.8 Å². The van der Waals surface area contributed by atoms with Crippen LogP contribution in [0.15, 0.2) is 34.8 Å². The van der Waals surface area contributed by atoms with Crippen LogP contribution in [0.5, 0.6) is 11.5 Å². The van der Waals surface area contributed by atoms with Crippen molar-refractivity contribution in [3.63, 3.8) is 0 Å². The van der Waals surface area contributed by atoms with Crippen molar-refractivity contribution >= 4 is 5.91 Å². The van der Waals surface area contributed by atoms with Gasteiger partial charge in [0.25, 0.3) is 11.5 Å². The van der Waals surface area contributed by atoms with Gasteiger partial charge in [-0.05, 0) is 42.5 Å². The number of benzene rings is 1. The monoisotopic (exact) mass is 506 g/mol. The lowest BCUT2D eigenvalue weighted by atomic mass is 9.93. The Morgan fingerprint density at radius 2 is 1.62 bits per heavy atom. The largest absolute Gasteiger partial charge is 0.496 e. The summed E-state index contributed by atoms with van der Waals surface area (Å²) in [4.78, 5) is 29.2. The molecule has 1 fully saturated rings. The van der Waals surface area contributed by atoms with Crippen molar-refractivity contribution in [2.75, 3.05) is 40.4 Å². The highest BCUT2D eigenvalue weighted by molar-refractivity contribution is 5.97. The van der Waals surface area contributed by atoms with E-state index in [0.29, 0.717) is 49.8 Å². The van der Waals surface area contributed by atoms with Crippen LogP contribution in [0, 0.1) is 30.6 Å². The number of hydrogen-bond donors (Lipinski definition) is 0. The lowest BCUT2D eigenvalue weighted by Crippen LogP contribution is -2.48. The van der Waals surface area contributed by atoms with E-state index >= 15 is 0 Å². The Morgan fingerprint density at radius 3 is 2.11 bits per heavy atom. The number of methoxy groups -OCH3 is 2. The minimum absolute atomic E-state index is 0.00906. The molecule has 2 heterocycles. The molecule has 0 atom stereocenters. The summed E-state index contributed by atoms with van der Waals surface area (Å²) in [5.41, 5.74) is 4.38. The smallest absolute Gasteiger partial charge is 0.264 e. The molecule has 1 aliphatic rings. The number of rotatable bonds is 6. The molecule has 1 saturated heterocycles. The summed E-state index contributed by atoms with van der Waals surface area (Å²) in [7, 11) is 5.04. The fourth-order valence-electron chi connectivity index (χ4n) is 4.64. The number of amides is 1. The second-order valence-corrected chi connectivity index (χ2v) is 10.7. The SMILES string of the molecule is COc1cc(-c2cn(C)c(=O)c(C)c2C)cc(OC)c1CN1CCN(C(=O)/C(C#N)=C/C(C)(C)C)CC1. The van der Waals surface area contributed by atoms with E-state index in [2.05, 4.69) is 11.0 Å². The zero-order chi connectivity index (χ0) is 27.5. The van der Waals surface area contributed by atoms with Gasteiger partial charge in [0, 0.05) is 57.1 Å². The summed E-state index contributed by atoms with van der Waals surface area (Å²) in [6, 6.07) is 6.05. The molecule has 1 aromatic carbocycles. The van der Waals surface area contributed by atoms with E-state index in [0.717, 1.165) is 22.3 Å². The van der Waals surface area contributed by atoms with Crippen molar-refractivity contribution in [1.82, 2.24) is 14.4 Å². The Kier molecular flexibility index (Phi) is 8.49. The quantitative estimate of drug-likeness (QED) is 0.437. The molecular weight excluding hydrogens is 468 g/mol. The molecule has 37 heavy (non-hydrogen) atoms. The van der Waals surface area contributed by atoms with E-state index in [1.165, 1.54) is 0 Å². The Labute approximate surface area is 219 Å². The number of piperazine rings is 1. The standard InChI is InChI=1S/C29H38N4O4/c1-19-20(2)27(34)31(6)17-23(19)21-13-25(36-7)24(26(14-21)37-8)18-32-9-11-33(12-10-32)28(35)22(16-30)15-29(3,4)5/h13-15,17H,9-12,18H2,1-8H3/b22-15+. The number of pyridine rings is 1. The molecule has 1 amide bonds. The molecule has 2 aromatic rings. The third kappa shape index (κ3) is 6.23. The van der Waals surface area contributed by atoms with Gasteiger partial charge in [0.2, 0.25) is 0 Å². The number of ether oxygens (including phenoxy) is 2. The minimum atomic E-state index is -0.243. The first-order chi connectivity index (χ1) is 17.4. The summed E-state index contributed by atoms with van der Waals surface area (Å²) >= 11 is 0. The van der Waals surface area contributed by atoms with Gasteiger partial charge >= 0.3 is 0 Å². The van der Waals surface area contributed by atoms with E-state index in [9.17, 15) is 14.9 Å². The second-order valence-electron chi connectivity index (χ2n) is 10.7. The van der Waals surface area contributed by atoms with Crippen molar-refractivity contribution in [1.29, 1.82) is 5.26 Å². The van der Waals surface area contributed by atoms with Gasteiger partial charge in [-0.25, -0.2) is 0 Å². The number of allylic oxidation sites excluding steroid dienone is 1. The third-order valence-corrected chi connectivity index (χ3v) is 6.82. The van der Waals surface area contributed by atoms with Gasteiger partial charge in [0.15, 0.2) is 0 Å². The average molecular weight is 507 g/mol. The number of nitrogens with zero attached hydrogens (tertiary/aromatic N) is 4. The highest BCUT2D eigenvalue weighted by Gasteiger charge is 2.26. The van der Waals surface area contributed by atoms with Crippen molar-refractivity contribution < 1.29 is 14.3 Å². The number of carbonyl (C=O) groups excluding carboxylic acids is 1. The number of hydrogen-bond acceptors (Lipinski definition) is 6. The summed E-state index contributed by atoms with van der Waals surface area (Å²) in [6.45, 7) is 12.8. The molecule has 0 unspecified atom stereocenters. The predicted molar refractivity (Wildman–Crippen MR) is 145 cm³/mol. The fraction of sp³-hybridized carbons (Fsp3) is 0.483. The highest BCUT2D eigenvalue weighted by atomic mass is 16.5. The predicted octanol–water partition coefficient (Wildman–Crippen LogP) is 3.83. The number of nitriles is 1. The molecule has 0 N–H and O–H groups in total. The van der Waals surface area contributed by atoms with Crippen LogP contribution in [0.25, 0.3) is 11.1 Å². The van der Waals surface area contributed by atoms with E-state index in [1.54, 1.807) is 36.8 Å². The molecule has 0 radical (unpaired) electrons. The second kappa shape index (κ2) is 11.2. The van der Waals surface area contributed by atoms with E-state index in [4.69, 9.17) is 9.47 Å². The summed E-state index contributed by atoms with van der Waals surface area (Å²) in [5, 5.41) is 9.50. The van der Waals surface area contributed by atoms with Crippen molar-refractivity contribution in [3.8, 4) is 28.7 Å². The molecule has 8 nitrogen and oxygen atoms in total. The van der Waals surface area contributed by atoms with E-state index < -0.39 is 0 Å². The number of aryl methyl sites for hydroxylation is 1. The molecule has 3 rings (SSSR count). The molecular formula is C29H38N4O4. The van der Waals surface area contributed by atoms with Gasteiger partial charge in [0.1, 0.15) is 23.1 Å². The van der Waals surface area contributed by atoms with Gasteiger partial charge in [-0.3, -0.25) is 14.5 Å². The Hall–Kier alpha value is -3.57. The van der Waals surface area contributed by atoms with Crippen molar-refractivity contribution in [2.24, 2.45) is 12.5 Å². The molecule has 0 spiro atoms. The lowest BCUT2D eigenvalue weighted by Gasteiger charge is -2.35. The summed E-state index contributed by atoms with van der Waals surface area (Å²) in [5.74, 6) is 1.21. The molecule has 198 valence electrons. The van der Waals surface area contributed by atoms with Gasteiger partial charge < -0.3 is 18.9 Å². The Bertz CT molecular complexity index is 1280. The van der Waals surface area contributed by atoms with Crippen LogP contribution in [0.4, 0.5) is 0 Å². The number of aromatic nitrogens is 1. The first kappa shape index (κ1) is 28.0. The Morgan fingerprint density at radius 1 is 1.05 bits per heavy atom. The zero-order valence-corrected chi connectivity index (χ0v) is 23.3. The minimum Gasteiger partial charge on any atom is -0.496 e. The van der Waals surface area contributed by atoms with Crippen LogP contribution >= 0.6 is 0 Å². The van der Waals surface area contributed by atoms with Crippen LogP contribution in [-0.2, 0) is 18.4 Å². The third-order valence-electron chi connectivity index (χ3n) is 6.82. The van der Waals surface area contributed by atoms with Crippen LogP contribution in [-0.4, -0.2) is 60.7 Å². The molecule has 1 aromatic heterocycles. The molecule has 8 heteroatoms. The summed E-state index contributed by atoms with van der Waals surface area (Å²) < 4.78 is 13.2. The molecule has 0 saturated carbocycles.